The molecular weight excluding hydrogens is 548 g/mol. The highest BCUT2D eigenvalue weighted by Gasteiger charge is 2.27. The maximum absolute atomic E-state index is 4.57. The predicted molar refractivity (Wildman–Crippen MR) is 192 cm³/mol. The quantitative estimate of drug-likeness (QED) is 0.144. The van der Waals surface area contributed by atoms with Gasteiger partial charge in [-0.15, -0.1) is 6.58 Å². The average Bonchev–Trinajstić information content (AvgIpc) is 3.50. The molecule has 1 aliphatic carbocycles. The lowest BCUT2D eigenvalue weighted by Gasteiger charge is -2.22. The minimum atomic E-state index is 0.758. The molecule has 3 aromatic heterocycles. The molecule has 0 bridgehead atoms. The summed E-state index contributed by atoms with van der Waals surface area (Å²) < 4.78 is 4.77. The van der Waals surface area contributed by atoms with E-state index in [1.807, 2.05) is 26.2 Å². The van der Waals surface area contributed by atoms with Gasteiger partial charge < -0.3 is 14.0 Å². The maximum atomic E-state index is 4.57. The Morgan fingerprint density at radius 3 is 2.13 bits per heavy atom. The molecule has 4 heteroatoms. The summed E-state index contributed by atoms with van der Waals surface area (Å²) in [6, 6.07) is 34.1. The Balaban J connectivity index is 0.00000115. The number of benzene rings is 3. The number of anilines is 2. The number of pyridine rings is 1. The van der Waals surface area contributed by atoms with Crippen LogP contribution in [0.3, 0.4) is 0 Å². The van der Waals surface area contributed by atoms with Crippen molar-refractivity contribution in [2.75, 3.05) is 11.9 Å². The van der Waals surface area contributed by atoms with Gasteiger partial charge in [0.15, 0.2) is 0 Å². The molecule has 0 spiro atoms. The molecule has 0 saturated carbocycles. The summed E-state index contributed by atoms with van der Waals surface area (Å²) in [4.78, 5) is 6.59. The second kappa shape index (κ2) is 12.9. The van der Waals surface area contributed by atoms with Crippen LogP contribution >= 0.6 is 0 Å². The fraction of sp³-hybridized carbons (Fsp3) is 0.0976. The van der Waals surface area contributed by atoms with Crippen LogP contribution in [0, 0.1) is 0 Å². The van der Waals surface area contributed by atoms with Gasteiger partial charge in [0.1, 0.15) is 0 Å². The third-order valence-corrected chi connectivity index (χ3v) is 8.10. The van der Waals surface area contributed by atoms with E-state index >= 15 is 0 Å². The van der Waals surface area contributed by atoms with Crippen molar-refractivity contribution in [2.45, 2.75) is 20.3 Å². The van der Waals surface area contributed by atoms with E-state index in [1.54, 1.807) is 6.08 Å². The molecule has 0 amide bonds. The van der Waals surface area contributed by atoms with Gasteiger partial charge in [-0.25, -0.2) is 0 Å². The topological polar surface area (TPSA) is 26.0 Å². The first-order chi connectivity index (χ1) is 22.1. The van der Waals surface area contributed by atoms with E-state index in [1.165, 1.54) is 32.7 Å². The van der Waals surface area contributed by atoms with Gasteiger partial charge in [0.05, 0.1) is 22.2 Å². The number of hydrogen-bond donors (Lipinski definition) is 0. The summed E-state index contributed by atoms with van der Waals surface area (Å²) in [6.07, 6.45) is 15.2. The average molecular weight is 587 g/mol. The van der Waals surface area contributed by atoms with Crippen molar-refractivity contribution in [3.63, 3.8) is 0 Å². The first-order valence-corrected chi connectivity index (χ1v) is 15.3. The van der Waals surface area contributed by atoms with E-state index in [0.717, 1.165) is 40.4 Å². The van der Waals surface area contributed by atoms with Gasteiger partial charge in [-0.2, -0.15) is 0 Å². The van der Waals surface area contributed by atoms with E-state index in [4.69, 9.17) is 0 Å². The van der Waals surface area contributed by atoms with Crippen LogP contribution in [-0.4, -0.2) is 21.2 Å². The largest absolute Gasteiger partial charge is 0.342 e. The fourth-order valence-electron chi connectivity index (χ4n) is 6.28. The Labute approximate surface area is 265 Å². The van der Waals surface area contributed by atoms with Crippen molar-refractivity contribution in [2.24, 2.45) is 0 Å². The van der Waals surface area contributed by atoms with Gasteiger partial charge in [0.25, 0.3) is 0 Å². The lowest BCUT2D eigenvalue weighted by molar-refractivity contribution is 0.964. The third kappa shape index (κ3) is 5.36. The van der Waals surface area contributed by atoms with Crippen molar-refractivity contribution in [3.8, 4) is 11.4 Å². The van der Waals surface area contributed by atoms with Gasteiger partial charge >= 0.3 is 0 Å². The van der Waals surface area contributed by atoms with E-state index in [2.05, 4.69) is 161 Å². The zero-order valence-corrected chi connectivity index (χ0v) is 26.2. The molecule has 3 aromatic carbocycles. The van der Waals surface area contributed by atoms with E-state index < -0.39 is 0 Å². The van der Waals surface area contributed by atoms with Crippen molar-refractivity contribution in [3.05, 3.63) is 168 Å². The molecule has 1 aliphatic rings. The molecule has 222 valence electrons. The van der Waals surface area contributed by atoms with Crippen LogP contribution in [0.1, 0.15) is 30.8 Å². The molecule has 0 unspecified atom stereocenters. The van der Waals surface area contributed by atoms with Gasteiger partial charge in [-0.05, 0) is 68.0 Å². The van der Waals surface area contributed by atoms with E-state index in [0.29, 0.717) is 0 Å². The molecule has 0 N–H and O–H groups in total. The molecule has 7 rings (SSSR count). The number of allylic oxidation sites excluding steroid dienone is 4. The standard InChI is InChI=1S/C38H32N4.C3H6/c1-4-13-27(2)37-38(40(3)28-14-7-5-8-15-28)33-26-32-31-18-11-12-19-34(31)41(30-22-24-39-25-23-30)35(32)20-21-36(33)42(37)29-16-9-6-10-17-29;1-3-2/h4-20,22-26H,2,21H2,1,3H3;3H,1H2,2H3/b13-4-;. The number of aromatic nitrogens is 3. The lowest BCUT2D eigenvalue weighted by Crippen LogP contribution is -2.28. The monoisotopic (exact) mass is 586 g/mol. The van der Waals surface area contributed by atoms with Crippen LogP contribution in [0.2, 0.25) is 0 Å². The number of para-hydroxylation sites is 3. The van der Waals surface area contributed by atoms with Gasteiger partial charge in [-0.1, -0.05) is 85.5 Å². The van der Waals surface area contributed by atoms with Crippen LogP contribution in [0.4, 0.5) is 11.4 Å². The van der Waals surface area contributed by atoms with Crippen LogP contribution < -0.4 is 15.5 Å². The van der Waals surface area contributed by atoms with Crippen molar-refractivity contribution >= 4 is 40.0 Å². The lowest BCUT2D eigenvalue weighted by atomic mass is 10.1. The number of hydrogen-bond acceptors (Lipinski definition) is 2. The zero-order valence-electron chi connectivity index (χ0n) is 26.2. The SMILES string of the molecule is C=C(/C=C\C)c1c(N(C)c2ccccc2)c2c(n1-c1ccccc1)CC=c1c(c3ccccc3n1-c1ccncc1)=C2.C=CC. The molecule has 0 radical (unpaired) electrons. The van der Waals surface area contributed by atoms with Crippen LogP contribution in [-0.2, 0) is 6.42 Å². The van der Waals surface area contributed by atoms with Crippen LogP contribution in [0.25, 0.3) is 40.0 Å². The van der Waals surface area contributed by atoms with Gasteiger partial charge in [0, 0.05) is 64.8 Å². The molecule has 0 saturated heterocycles. The molecule has 0 atom stereocenters. The molecule has 0 aliphatic heterocycles. The Kier molecular flexibility index (Phi) is 8.47. The van der Waals surface area contributed by atoms with Crippen molar-refractivity contribution in [1.82, 2.24) is 14.1 Å². The first-order valence-electron chi connectivity index (χ1n) is 15.3. The summed E-state index contributed by atoms with van der Waals surface area (Å²) in [6.45, 7) is 11.9. The molecule has 3 heterocycles. The Morgan fingerprint density at radius 2 is 1.44 bits per heavy atom. The highest BCUT2D eigenvalue weighted by molar-refractivity contribution is 5.93. The Morgan fingerprint density at radius 1 is 0.822 bits per heavy atom. The van der Waals surface area contributed by atoms with Gasteiger partial charge in [-0.3, -0.25) is 4.98 Å². The van der Waals surface area contributed by atoms with Gasteiger partial charge in [0.2, 0.25) is 0 Å². The Hall–Kier alpha value is -5.61. The van der Waals surface area contributed by atoms with E-state index in [9.17, 15) is 0 Å². The number of fused-ring (bicyclic) bond motifs is 4. The highest BCUT2D eigenvalue weighted by atomic mass is 15.2. The molecule has 45 heavy (non-hydrogen) atoms. The summed E-state index contributed by atoms with van der Waals surface area (Å²) >= 11 is 0. The second-order valence-corrected chi connectivity index (χ2v) is 11.0. The summed E-state index contributed by atoms with van der Waals surface area (Å²) in [5.41, 5.74) is 10.2. The molecule has 0 fully saturated rings. The fourth-order valence-corrected chi connectivity index (χ4v) is 6.28. The van der Waals surface area contributed by atoms with E-state index in [-0.39, 0.29) is 0 Å². The predicted octanol–water partition coefficient (Wildman–Crippen LogP) is 8.53. The summed E-state index contributed by atoms with van der Waals surface area (Å²) in [5, 5.41) is 3.64. The minimum Gasteiger partial charge on any atom is -0.342 e. The van der Waals surface area contributed by atoms with Crippen molar-refractivity contribution < 1.29 is 0 Å². The summed E-state index contributed by atoms with van der Waals surface area (Å²) in [5.74, 6) is 0. The smallest absolute Gasteiger partial charge is 0.0770 e. The second-order valence-electron chi connectivity index (χ2n) is 11.0. The summed E-state index contributed by atoms with van der Waals surface area (Å²) in [7, 11) is 2.16. The number of nitrogens with zero attached hydrogens (tertiary/aromatic N) is 4. The molecular formula is C41H38N4. The highest BCUT2D eigenvalue weighted by Crippen LogP contribution is 2.42. The minimum absolute atomic E-state index is 0.758. The third-order valence-electron chi connectivity index (χ3n) is 8.10. The normalized spacial score (nSPS) is 11.8. The number of rotatable bonds is 6. The van der Waals surface area contributed by atoms with Crippen molar-refractivity contribution in [1.29, 1.82) is 0 Å². The van der Waals surface area contributed by atoms with Crippen LogP contribution in [0.15, 0.2) is 141 Å². The molecule has 6 aromatic rings. The van der Waals surface area contributed by atoms with Crippen LogP contribution in [0.5, 0.6) is 0 Å². The zero-order chi connectivity index (χ0) is 31.3. The Bertz CT molecular complexity index is 2130. The molecule has 4 nitrogen and oxygen atoms in total. The first kappa shape index (κ1) is 29.5. The maximum Gasteiger partial charge on any atom is 0.0770 e.